The van der Waals surface area contributed by atoms with Gasteiger partial charge in [0, 0.05) is 12.2 Å². The zero-order valence-corrected chi connectivity index (χ0v) is 13.2. The molecular formula is C13H18N4O3S. The molecular weight excluding hydrogens is 292 g/mol. The van der Waals surface area contributed by atoms with E-state index in [1.807, 2.05) is 6.92 Å². The Kier molecular flexibility index (Phi) is 4.17. The van der Waals surface area contributed by atoms with Crippen molar-refractivity contribution in [3.05, 3.63) is 29.1 Å². The van der Waals surface area contributed by atoms with Gasteiger partial charge in [0.15, 0.2) is 5.82 Å². The molecule has 0 aliphatic heterocycles. The molecule has 21 heavy (non-hydrogen) atoms. The van der Waals surface area contributed by atoms with Gasteiger partial charge in [0.05, 0.1) is 4.90 Å². The van der Waals surface area contributed by atoms with Crippen molar-refractivity contribution in [2.75, 3.05) is 16.6 Å². The first-order valence-corrected chi connectivity index (χ1v) is 8.00. The molecule has 0 fully saturated rings. The molecule has 1 heterocycles. The van der Waals surface area contributed by atoms with Crippen molar-refractivity contribution in [1.29, 1.82) is 0 Å². The molecule has 0 saturated heterocycles. The van der Waals surface area contributed by atoms with Crippen LogP contribution in [-0.2, 0) is 10.0 Å². The van der Waals surface area contributed by atoms with Crippen molar-refractivity contribution < 1.29 is 12.9 Å². The van der Waals surface area contributed by atoms with Gasteiger partial charge in [-0.1, -0.05) is 5.16 Å². The van der Waals surface area contributed by atoms with Crippen LogP contribution in [0.5, 0.6) is 0 Å². The van der Waals surface area contributed by atoms with Crippen LogP contribution in [0.4, 0.5) is 11.7 Å². The Morgan fingerprint density at radius 1 is 1.19 bits per heavy atom. The Hall–Kier alpha value is -2.09. The summed E-state index contributed by atoms with van der Waals surface area (Å²) in [4.78, 5) is 4.07. The lowest BCUT2D eigenvalue weighted by Gasteiger charge is -2.13. The first-order chi connectivity index (χ1) is 9.83. The molecule has 0 spiro atoms. The fourth-order valence-electron chi connectivity index (χ4n) is 2.18. The van der Waals surface area contributed by atoms with E-state index in [9.17, 15) is 8.42 Å². The third-order valence-electron chi connectivity index (χ3n) is 2.86. The maximum absolute atomic E-state index is 12.5. The van der Waals surface area contributed by atoms with E-state index >= 15 is 0 Å². The van der Waals surface area contributed by atoms with E-state index in [1.54, 1.807) is 32.9 Å². The molecule has 0 atom stereocenters. The van der Waals surface area contributed by atoms with Crippen LogP contribution in [0.25, 0.3) is 0 Å². The van der Waals surface area contributed by atoms with Gasteiger partial charge in [-0.3, -0.25) is 0 Å². The highest BCUT2D eigenvalue weighted by atomic mass is 32.2. The summed E-state index contributed by atoms with van der Waals surface area (Å²) in [5.74, 6) is 0.364. The topological polar surface area (TPSA) is 97.1 Å². The highest BCUT2D eigenvalue weighted by Crippen LogP contribution is 2.26. The summed E-state index contributed by atoms with van der Waals surface area (Å²) in [6.45, 7) is 7.87. The molecule has 1 aromatic carbocycles. The largest absolute Gasteiger partial charge is 0.385 e. The lowest BCUT2D eigenvalue weighted by molar-refractivity contribution is 0.429. The highest BCUT2D eigenvalue weighted by Gasteiger charge is 2.22. The number of nitrogens with zero attached hydrogens (tertiary/aromatic N) is 2. The summed E-state index contributed by atoms with van der Waals surface area (Å²) in [5, 5.41) is 6.72. The van der Waals surface area contributed by atoms with Gasteiger partial charge in [-0.25, -0.2) is 13.1 Å². The van der Waals surface area contributed by atoms with Crippen molar-refractivity contribution in [1.82, 2.24) is 10.1 Å². The molecule has 1 aromatic heterocycles. The monoisotopic (exact) mass is 310 g/mol. The molecule has 0 saturated carbocycles. The Bertz CT molecular complexity index is 730. The second kappa shape index (κ2) is 5.72. The molecule has 2 N–H and O–H groups in total. The minimum absolute atomic E-state index is 0.137. The summed E-state index contributed by atoms with van der Waals surface area (Å²) >= 11 is 0. The average molecular weight is 310 g/mol. The molecule has 2 aromatic rings. The summed E-state index contributed by atoms with van der Waals surface area (Å²) in [6.07, 6.45) is 0. The standard InChI is InChI=1S/C13H18N4O3S/c1-5-14-11-6-8(2)12(9(3)7-11)21(18,19)17-13-15-10(4)16-20-13/h6-7,14H,5H2,1-4H3,(H,15,16,17). The fourth-order valence-corrected chi connectivity index (χ4v) is 3.57. The average Bonchev–Trinajstić information content (AvgIpc) is 2.72. The Morgan fingerprint density at radius 2 is 1.81 bits per heavy atom. The SMILES string of the molecule is CCNc1cc(C)c(S(=O)(=O)Nc2nc(C)no2)c(C)c1. The molecule has 114 valence electrons. The first kappa shape index (κ1) is 15.3. The predicted molar refractivity (Wildman–Crippen MR) is 79.9 cm³/mol. The third kappa shape index (κ3) is 3.33. The Morgan fingerprint density at radius 3 is 2.29 bits per heavy atom. The maximum Gasteiger partial charge on any atom is 0.335 e. The zero-order valence-electron chi connectivity index (χ0n) is 12.4. The molecule has 0 bridgehead atoms. The van der Waals surface area contributed by atoms with Crippen LogP contribution in [0.15, 0.2) is 21.6 Å². The van der Waals surface area contributed by atoms with Crippen LogP contribution >= 0.6 is 0 Å². The Labute approximate surface area is 123 Å². The smallest absolute Gasteiger partial charge is 0.335 e. The molecule has 0 amide bonds. The number of benzene rings is 1. The van der Waals surface area contributed by atoms with Gasteiger partial charge in [0.1, 0.15) is 0 Å². The van der Waals surface area contributed by atoms with Crippen LogP contribution < -0.4 is 10.0 Å². The van der Waals surface area contributed by atoms with E-state index in [0.717, 1.165) is 12.2 Å². The second-order valence-electron chi connectivity index (χ2n) is 4.72. The number of aromatic nitrogens is 2. The van der Waals surface area contributed by atoms with E-state index in [-0.39, 0.29) is 10.9 Å². The van der Waals surface area contributed by atoms with Crippen LogP contribution in [0, 0.1) is 20.8 Å². The van der Waals surface area contributed by atoms with Crippen molar-refractivity contribution in [2.45, 2.75) is 32.6 Å². The zero-order chi connectivity index (χ0) is 15.6. The van der Waals surface area contributed by atoms with Crippen molar-refractivity contribution in [2.24, 2.45) is 0 Å². The van der Waals surface area contributed by atoms with Gasteiger partial charge in [0.2, 0.25) is 0 Å². The third-order valence-corrected chi connectivity index (χ3v) is 4.48. The van der Waals surface area contributed by atoms with Crippen LogP contribution in [0.1, 0.15) is 23.9 Å². The molecule has 0 unspecified atom stereocenters. The normalized spacial score (nSPS) is 11.4. The van der Waals surface area contributed by atoms with Gasteiger partial charge in [-0.15, -0.1) is 0 Å². The summed E-state index contributed by atoms with van der Waals surface area (Å²) in [6, 6.07) is 3.45. The van der Waals surface area contributed by atoms with Crippen LogP contribution in [-0.4, -0.2) is 25.1 Å². The van der Waals surface area contributed by atoms with Gasteiger partial charge in [0.25, 0.3) is 10.0 Å². The lowest BCUT2D eigenvalue weighted by atomic mass is 10.1. The van der Waals surface area contributed by atoms with Gasteiger partial charge in [-0.2, -0.15) is 4.98 Å². The number of hydrogen-bond acceptors (Lipinski definition) is 6. The minimum Gasteiger partial charge on any atom is -0.385 e. The second-order valence-corrected chi connectivity index (χ2v) is 6.34. The molecule has 0 aliphatic carbocycles. The number of sulfonamides is 1. The van der Waals surface area contributed by atoms with Crippen LogP contribution in [0.3, 0.4) is 0 Å². The number of aryl methyl sites for hydroxylation is 3. The highest BCUT2D eigenvalue weighted by molar-refractivity contribution is 7.92. The lowest BCUT2D eigenvalue weighted by Crippen LogP contribution is -2.16. The van der Waals surface area contributed by atoms with E-state index < -0.39 is 10.0 Å². The van der Waals surface area contributed by atoms with Gasteiger partial charge >= 0.3 is 6.01 Å². The number of rotatable bonds is 5. The van der Waals surface area contributed by atoms with Crippen molar-refractivity contribution in [3.8, 4) is 0 Å². The number of anilines is 2. The summed E-state index contributed by atoms with van der Waals surface area (Å²) < 4.78 is 32.0. The summed E-state index contributed by atoms with van der Waals surface area (Å²) in [5.41, 5.74) is 2.18. The minimum atomic E-state index is -3.77. The van der Waals surface area contributed by atoms with Crippen LogP contribution in [0.2, 0.25) is 0 Å². The molecule has 2 rings (SSSR count). The maximum atomic E-state index is 12.5. The van der Waals surface area contributed by atoms with Crippen molar-refractivity contribution in [3.63, 3.8) is 0 Å². The number of hydrogen-bond donors (Lipinski definition) is 2. The van der Waals surface area contributed by atoms with E-state index in [1.165, 1.54) is 0 Å². The fraction of sp³-hybridized carbons (Fsp3) is 0.385. The van der Waals surface area contributed by atoms with E-state index in [0.29, 0.717) is 17.0 Å². The predicted octanol–water partition coefficient (Wildman–Crippen LogP) is 2.23. The quantitative estimate of drug-likeness (QED) is 0.879. The molecule has 8 heteroatoms. The first-order valence-electron chi connectivity index (χ1n) is 6.51. The molecule has 0 aliphatic rings. The molecule has 0 radical (unpaired) electrons. The van der Waals surface area contributed by atoms with Crippen molar-refractivity contribution >= 4 is 21.7 Å². The Balaban J connectivity index is 2.40. The van der Waals surface area contributed by atoms with Gasteiger partial charge in [-0.05, 0) is 51.0 Å². The van der Waals surface area contributed by atoms with E-state index in [4.69, 9.17) is 4.52 Å². The number of nitrogens with one attached hydrogen (secondary N) is 2. The van der Waals surface area contributed by atoms with E-state index in [2.05, 4.69) is 20.2 Å². The molecule has 7 nitrogen and oxygen atoms in total. The summed E-state index contributed by atoms with van der Waals surface area (Å²) in [7, 11) is -3.77. The van der Waals surface area contributed by atoms with Gasteiger partial charge < -0.3 is 9.84 Å².